The fourth-order valence-electron chi connectivity index (χ4n) is 2.94. The summed E-state index contributed by atoms with van der Waals surface area (Å²) in [7, 11) is 0. The summed E-state index contributed by atoms with van der Waals surface area (Å²) in [6.45, 7) is 3.68. The van der Waals surface area contributed by atoms with Gasteiger partial charge in [-0.15, -0.1) is 0 Å². The largest absolute Gasteiger partial charge is 0.484 e. The van der Waals surface area contributed by atoms with Crippen molar-refractivity contribution in [2.24, 2.45) is 5.10 Å². The van der Waals surface area contributed by atoms with E-state index in [0.29, 0.717) is 11.3 Å². The normalized spacial score (nSPS) is 10.6. The van der Waals surface area contributed by atoms with Crippen molar-refractivity contribution >= 4 is 35.3 Å². The zero-order valence-corrected chi connectivity index (χ0v) is 18.6. The maximum atomic E-state index is 13.5. The quantitative estimate of drug-likeness (QED) is 0.283. The summed E-state index contributed by atoms with van der Waals surface area (Å²) in [5, 5.41) is 8.72. The Morgan fingerprint density at radius 2 is 1.56 bits per heavy atom. The minimum Gasteiger partial charge on any atom is -0.484 e. The van der Waals surface area contributed by atoms with Gasteiger partial charge in [-0.3, -0.25) is 14.4 Å². The molecule has 0 aliphatic heterocycles. The molecule has 0 bridgehead atoms. The van der Waals surface area contributed by atoms with Gasteiger partial charge in [0.05, 0.1) is 11.9 Å². The highest BCUT2D eigenvalue weighted by Crippen LogP contribution is 2.19. The molecular formula is C25H23FN4O4. The Hall–Kier alpha value is -4.53. The van der Waals surface area contributed by atoms with Crippen molar-refractivity contribution in [1.29, 1.82) is 0 Å². The van der Waals surface area contributed by atoms with Crippen LogP contribution in [0.4, 0.5) is 15.8 Å². The van der Waals surface area contributed by atoms with E-state index in [1.807, 2.05) is 32.0 Å². The molecule has 3 amide bonds. The van der Waals surface area contributed by atoms with Gasteiger partial charge in [-0.2, -0.15) is 5.10 Å². The first-order valence-corrected chi connectivity index (χ1v) is 10.3. The molecule has 0 radical (unpaired) electrons. The van der Waals surface area contributed by atoms with Crippen LogP contribution in [0.3, 0.4) is 0 Å². The third kappa shape index (κ3) is 6.73. The zero-order valence-electron chi connectivity index (χ0n) is 18.6. The van der Waals surface area contributed by atoms with Crippen molar-refractivity contribution in [1.82, 2.24) is 5.43 Å². The molecular weight excluding hydrogens is 439 g/mol. The van der Waals surface area contributed by atoms with Gasteiger partial charge in [0.25, 0.3) is 5.91 Å². The van der Waals surface area contributed by atoms with Crippen LogP contribution in [0.2, 0.25) is 0 Å². The second-order valence-corrected chi connectivity index (χ2v) is 7.31. The molecule has 34 heavy (non-hydrogen) atoms. The summed E-state index contributed by atoms with van der Waals surface area (Å²) in [6.07, 6.45) is 1.33. The van der Waals surface area contributed by atoms with Crippen molar-refractivity contribution < 1.29 is 23.5 Å². The number of nitrogens with one attached hydrogen (secondary N) is 3. The van der Waals surface area contributed by atoms with Gasteiger partial charge in [0.1, 0.15) is 11.6 Å². The van der Waals surface area contributed by atoms with Gasteiger partial charge >= 0.3 is 11.8 Å². The van der Waals surface area contributed by atoms with Gasteiger partial charge in [0, 0.05) is 5.69 Å². The predicted octanol–water partition coefficient (Wildman–Crippen LogP) is 3.55. The summed E-state index contributed by atoms with van der Waals surface area (Å²) in [5.41, 5.74) is 5.28. The average Bonchev–Trinajstić information content (AvgIpc) is 2.82. The van der Waals surface area contributed by atoms with Crippen molar-refractivity contribution in [2.75, 3.05) is 17.2 Å². The molecule has 9 heteroatoms. The topological polar surface area (TPSA) is 109 Å². The van der Waals surface area contributed by atoms with Gasteiger partial charge in [0.15, 0.2) is 6.61 Å². The molecule has 0 heterocycles. The minimum atomic E-state index is -1.05. The van der Waals surface area contributed by atoms with Crippen molar-refractivity contribution in [2.45, 2.75) is 13.8 Å². The molecule has 3 rings (SSSR count). The molecule has 0 aromatic heterocycles. The summed E-state index contributed by atoms with van der Waals surface area (Å²) in [4.78, 5) is 35.8. The monoisotopic (exact) mass is 462 g/mol. The maximum Gasteiger partial charge on any atom is 0.329 e. The van der Waals surface area contributed by atoms with Crippen LogP contribution < -0.4 is 20.8 Å². The van der Waals surface area contributed by atoms with E-state index >= 15 is 0 Å². The van der Waals surface area contributed by atoms with Gasteiger partial charge in [-0.05, 0) is 66.9 Å². The molecule has 0 aliphatic rings. The van der Waals surface area contributed by atoms with Crippen LogP contribution in [-0.4, -0.2) is 30.5 Å². The molecule has 3 aromatic rings. The Morgan fingerprint density at radius 3 is 2.24 bits per heavy atom. The molecule has 0 unspecified atom stereocenters. The number of hydrazone groups is 1. The lowest BCUT2D eigenvalue weighted by molar-refractivity contribution is -0.136. The number of anilines is 2. The molecule has 0 saturated heterocycles. The van der Waals surface area contributed by atoms with E-state index in [1.165, 1.54) is 24.4 Å². The predicted molar refractivity (Wildman–Crippen MR) is 127 cm³/mol. The van der Waals surface area contributed by atoms with Crippen LogP contribution in [0, 0.1) is 19.7 Å². The summed E-state index contributed by atoms with van der Waals surface area (Å²) >= 11 is 0. The second kappa shape index (κ2) is 11.4. The first-order chi connectivity index (χ1) is 16.3. The number of aryl methyl sites for hydroxylation is 2. The van der Waals surface area contributed by atoms with Crippen LogP contribution >= 0.6 is 0 Å². The molecule has 8 nitrogen and oxygen atoms in total. The number of hydrogen-bond donors (Lipinski definition) is 3. The van der Waals surface area contributed by atoms with Crippen molar-refractivity contribution in [3.05, 3.63) is 89.2 Å². The molecule has 0 aliphatic carbocycles. The number of carbonyl (C=O) groups is 3. The van der Waals surface area contributed by atoms with E-state index in [4.69, 9.17) is 4.74 Å². The number of nitrogens with zero attached hydrogens (tertiary/aromatic N) is 1. The highest BCUT2D eigenvalue weighted by Gasteiger charge is 2.14. The van der Waals surface area contributed by atoms with E-state index in [9.17, 15) is 18.8 Å². The van der Waals surface area contributed by atoms with Gasteiger partial charge in [-0.1, -0.05) is 30.3 Å². The summed E-state index contributed by atoms with van der Waals surface area (Å²) < 4.78 is 19.0. The van der Waals surface area contributed by atoms with Crippen LogP contribution in [0.1, 0.15) is 16.7 Å². The highest BCUT2D eigenvalue weighted by atomic mass is 19.1. The number of para-hydroxylation sites is 2. The fraction of sp³-hybridized carbons (Fsp3) is 0.120. The Labute approximate surface area is 195 Å². The molecule has 174 valence electrons. The number of benzene rings is 3. The van der Waals surface area contributed by atoms with E-state index in [1.54, 1.807) is 24.3 Å². The molecule has 3 aromatic carbocycles. The van der Waals surface area contributed by atoms with Crippen molar-refractivity contribution in [3.63, 3.8) is 0 Å². The van der Waals surface area contributed by atoms with Gasteiger partial charge in [-0.25, -0.2) is 9.82 Å². The van der Waals surface area contributed by atoms with Crippen molar-refractivity contribution in [3.8, 4) is 5.75 Å². The second-order valence-electron chi connectivity index (χ2n) is 7.31. The van der Waals surface area contributed by atoms with E-state index < -0.39 is 17.6 Å². The third-order valence-electron chi connectivity index (χ3n) is 4.70. The molecule has 0 saturated carbocycles. The fourth-order valence-corrected chi connectivity index (χ4v) is 2.94. The lowest BCUT2D eigenvalue weighted by Crippen LogP contribution is -2.32. The van der Waals surface area contributed by atoms with Crippen LogP contribution in [-0.2, 0) is 14.4 Å². The number of halogens is 1. The lowest BCUT2D eigenvalue weighted by Gasteiger charge is -2.12. The zero-order chi connectivity index (χ0) is 24.5. The standard InChI is InChI=1S/C25H23FN4O4/c1-16-6-5-7-17(2)23(16)29-22(31)15-34-19-12-10-18(11-13-19)14-27-30-25(33)24(32)28-21-9-4-3-8-20(21)26/h3-14H,15H2,1-2H3,(H,28,32)(H,29,31)(H,30,33)/b27-14-. The van der Waals surface area contributed by atoms with Crippen LogP contribution in [0.15, 0.2) is 71.8 Å². The molecule has 0 atom stereocenters. The number of ether oxygens (including phenoxy) is 1. The summed E-state index contributed by atoms with van der Waals surface area (Å²) in [5.74, 6) is -2.56. The number of rotatable bonds is 7. The average molecular weight is 462 g/mol. The summed E-state index contributed by atoms with van der Waals surface area (Å²) in [6, 6.07) is 17.9. The Balaban J connectivity index is 1.46. The van der Waals surface area contributed by atoms with E-state index in [-0.39, 0.29) is 18.2 Å². The van der Waals surface area contributed by atoms with Gasteiger partial charge < -0.3 is 15.4 Å². The van der Waals surface area contributed by atoms with Crippen LogP contribution in [0.25, 0.3) is 0 Å². The molecule has 0 spiro atoms. The molecule has 0 fully saturated rings. The van der Waals surface area contributed by atoms with E-state index in [2.05, 4.69) is 21.2 Å². The number of carbonyl (C=O) groups excluding carboxylic acids is 3. The first-order valence-electron chi connectivity index (χ1n) is 10.3. The molecule has 3 N–H and O–H groups in total. The number of amides is 3. The first kappa shape index (κ1) is 24.1. The van der Waals surface area contributed by atoms with Gasteiger partial charge in [0.2, 0.25) is 0 Å². The lowest BCUT2D eigenvalue weighted by atomic mass is 10.1. The Morgan fingerprint density at radius 1 is 0.882 bits per heavy atom. The number of hydrogen-bond acceptors (Lipinski definition) is 5. The third-order valence-corrected chi connectivity index (χ3v) is 4.70. The highest BCUT2D eigenvalue weighted by molar-refractivity contribution is 6.39. The van der Waals surface area contributed by atoms with Crippen LogP contribution in [0.5, 0.6) is 5.75 Å². The SMILES string of the molecule is Cc1cccc(C)c1NC(=O)COc1ccc(/C=N\NC(=O)C(=O)Nc2ccccc2F)cc1. The van der Waals surface area contributed by atoms with E-state index in [0.717, 1.165) is 22.9 Å². The Kier molecular flexibility index (Phi) is 8.07. The minimum absolute atomic E-state index is 0.107. The Bertz CT molecular complexity index is 1210. The maximum absolute atomic E-state index is 13.5. The smallest absolute Gasteiger partial charge is 0.329 e.